The van der Waals surface area contributed by atoms with Crippen LogP contribution in [0.25, 0.3) is 0 Å². The molecule has 3 rings (SSSR count). The van der Waals surface area contributed by atoms with Crippen molar-refractivity contribution in [1.82, 2.24) is 10.6 Å². The lowest BCUT2D eigenvalue weighted by Crippen LogP contribution is -2.44. The Morgan fingerprint density at radius 3 is 2.20 bits per heavy atom. The topological polar surface area (TPSA) is 84.2 Å². The zero-order valence-electron chi connectivity index (χ0n) is 17.2. The number of rotatable bonds is 8. The summed E-state index contributed by atoms with van der Waals surface area (Å²) in [6.45, 7) is 4.40. The van der Waals surface area contributed by atoms with Gasteiger partial charge in [-0.1, -0.05) is 74.5 Å². The van der Waals surface area contributed by atoms with Crippen molar-refractivity contribution in [3.8, 4) is 0 Å². The number of imide groups is 1. The SMILES string of the molecule is CC(C)Cc1ccc([C@@H](N[C@H](C(=O)NC(N)=O)c2ccccc2)c2cccs2)cc1. The van der Waals surface area contributed by atoms with Crippen LogP contribution in [0.2, 0.25) is 0 Å². The lowest BCUT2D eigenvalue weighted by Gasteiger charge is -2.25. The fraction of sp³-hybridized carbons (Fsp3) is 0.250. The maximum atomic E-state index is 12.8. The summed E-state index contributed by atoms with van der Waals surface area (Å²) in [6, 6.07) is 20.0. The van der Waals surface area contributed by atoms with E-state index in [0.717, 1.165) is 22.4 Å². The molecule has 3 aromatic rings. The number of primary amides is 1. The molecule has 156 valence electrons. The molecule has 0 fully saturated rings. The second kappa shape index (κ2) is 10.2. The molecule has 2 aromatic carbocycles. The van der Waals surface area contributed by atoms with Crippen LogP contribution in [-0.4, -0.2) is 11.9 Å². The molecule has 5 nitrogen and oxygen atoms in total. The molecule has 0 radical (unpaired) electrons. The molecule has 0 bridgehead atoms. The number of hydrogen-bond acceptors (Lipinski definition) is 4. The van der Waals surface area contributed by atoms with Gasteiger partial charge in [0, 0.05) is 4.88 Å². The third kappa shape index (κ3) is 5.78. The number of benzene rings is 2. The molecule has 0 unspecified atom stereocenters. The zero-order chi connectivity index (χ0) is 21.5. The molecule has 2 atom stereocenters. The van der Waals surface area contributed by atoms with Crippen LogP contribution in [0.4, 0.5) is 4.79 Å². The monoisotopic (exact) mass is 421 g/mol. The lowest BCUT2D eigenvalue weighted by atomic mass is 9.97. The Hall–Kier alpha value is -2.96. The van der Waals surface area contributed by atoms with Crippen molar-refractivity contribution >= 4 is 23.3 Å². The van der Waals surface area contributed by atoms with Crippen LogP contribution < -0.4 is 16.4 Å². The van der Waals surface area contributed by atoms with Gasteiger partial charge in [0.2, 0.25) is 5.91 Å². The van der Waals surface area contributed by atoms with Gasteiger partial charge in [-0.3, -0.25) is 15.4 Å². The van der Waals surface area contributed by atoms with Gasteiger partial charge in [-0.25, -0.2) is 4.79 Å². The van der Waals surface area contributed by atoms with E-state index in [-0.39, 0.29) is 6.04 Å². The van der Waals surface area contributed by atoms with Gasteiger partial charge >= 0.3 is 6.03 Å². The van der Waals surface area contributed by atoms with Crippen LogP contribution in [0.1, 0.15) is 47.5 Å². The van der Waals surface area contributed by atoms with E-state index in [9.17, 15) is 9.59 Å². The normalized spacial score (nSPS) is 13.0. The maximum Gasteiger partial charge on any atom is 0.318 e. The van der Waals surface area contributed by atoms with Crippen molar-refractivity contribution < 1.29 is 9.59 Å². The molecule has 0 saturated carbocycles. The van der Waals surface area contributed by atoms with E-state index in [2.05, 4.69) is 48.7 Å². The highest BCUT2D eigenvalue weighted by Crippen LogP contribution is 2.30. The first-order chi connectivity index (χ1) is 14.4. The van der Waals surface area contributed by atoms with Gasteiger partial charge in [0.1, 0.15) is 6.04 Å². The summed E-state index contributed by atoms with van der Waals surface area (Å²) in [5, 5.41) is 7.67. The average molecular weight is 422 g/mol. The number of hydrogen-bond donors (Lipinski definition) is 3. The molecule has 30 heavy (non-hydrogen) atoms. The molecule has 4 N–H and O–H groups in total. The zero-order valence-corrected chi connectivity index (χ0v) is 18.0. The maximum absolute atomic E-state index is 12.8. The first-order valence-corrected chi connectivity index (χ1v) is 10.9. The Morgan fingerprint density at radius 1 is 0.933 bits per heavy atom. The van der Waals surface area contributed by atoms with Crippen molar-refractivity contribution in [3.63, 3.8) is 0 Å². The summed E-state index contributed by atoms with van der Waals surface area (Å²) in [6.07, 6.45) is 1.02. The summed E-state index contributed by atoms with van der Waals surface area (Å²) in [4.78, 5) is 25.2. The van der Waals surface area contributed by atoms with Crippen LogP contribution in [0.3, 0.4) is 0 Å². The Kier molecular flexibility index (Phi) is 7.38. The van der Waals surface area contributed by atoms with Crippen molar-refractivity contribution in [2.45, 2.75) is 32.4 Å². The summed E-state index contributed by atoms with van der Waals surface area (Å²) in [5.41, 5.74) is 8.30. The third-order valence-electron chi connectivity index (χ3n) is 4.76. The molecular weight excluding hydrogens is 394 g/mol. The standard InChI is InChI=1S/C24H27N3O2S/c1-16(2)15-17-10-12-19(13-11-17)21(20-9-6-14-30-20)26-22(23(28)27-24(25)29)18-7-4-3-5-8-18/h3-14,16,21-22,26H,15H2,1-2H3,(H3,25,27,28,29)/t21-,22+/m1/s1. The molecule has 1 aromatic heterocycles. The molecule has 6 heteroatoms. The molecule has 0 aliphatic heterocycles. The van der Waals surface area contributed by atoms with Gasteiger partial charge in [0.05, 0.1) is 6.04 Å². The lowest BCUT2D eigenvalue weighted by molar-refractivity contribution is -0.122. The molecule has 3 amide bonds. The smallest absolute Gasteiger partial charge is 0.318 e. The van der Waals surface area contributed by atoms with Crippen LogP contribution in [0.15, 0.2) is 72.1 Å². The summed E-state index contributed by atoms with van der Waals surface area (Å²) < 4.78 is 0. The second-order valence-electron chi connectivity index (χ2n) is 7.65. The minimum Gasteiger partial charge on any atom is -0.351 e. The molecule has 0 aliphatic carbocycles. The Bertz CT molecular complexity index is 954. The van der Waals surface area contributed by atoms with Crippen LogP contribution in [0.5, 0.6) is 0 Å². The third-order valence-corrected chi connectivity index (χ3v) is 5.70. The molecule has 0 spiro atoms. The quantitative estimate of drug-likeness (QED) is 0.498. The predicted molar refractivity (Wildman–Crippen MR) is 121 cm³/mol. The summed E-state index contributed by atoms with van der Waals surface area (Å²) in [7, 11) is 0. The number of nitrogens with two attached hydrogens (primary N) is 1. The van der Waals surface area contributed by atoms with Gasteiger partial charge in [-0.05, 0) is 40.5 Å². The van der Waals surface area contributed by atoms with Crippen molar-refractivity contribution in [1.29, 1.82) is 0 Å². The summed E-state index contributed by atoms with van der Waals surface area (Å²) >= 11 is 1.62. The van der Waals surface area contributed by atoms with Crippen LogP contribution in [-0.2, 0) is 11.2 Å². The van der Waals surface area contributed by atoms with Crippen LogP contribution >= 0.6 is 11.3 Å². The van der Waals surface area contributed by atoms with E-state index in [1.54, 1.807) is 11.3 Å². The number of amides is 3. The Morgan fingerprint density at radius 2 is 1.63 bits per heavy atom. The van der Waals surface area contributed by atoms with Gasteiger partial charge in [0.25, 0.3) is 0 Å². The number of urea groups is 1. The van der Waals surface area contributed by atoms with Gasteiger partial charge in [-0.15, -0.1) is 11.3 Å². The van der Waals surface area contributed by atoms with E-state index in [4.69, 9.17) is 5.73 Å². The minimum absolute atomic E-state index is 0.207. The molecule has 0 aliphatic rings. The number of carbonyl (C=O) groups is 2. The largest absolute Gasteiger partial charge is 0.351 e. The Labute approximate surface area is 181 Å². The highest BCUT2D eigenvalue weighted by molar-refractivity contribution is 7.10. The molecular formula is C24H27N3O2S. The van der Waals surface area contributed by atoms with Crippen molar-refractivity contribution in [2.24, 2.45) is 11.7 Å². The molecule has 0 saturated heterocycles. The van der Waals surface area contributed by atoms with E-state index in [1.807, 2.05) is 47.8 Å². The average Bonchev–Trinajstić information content (AvgIpc) is 3.24. The second-order valence-corrected chi connectivity index (χ2v) is 8.63. The van der Waals surface area contributed by atoms with E-state index in [0.29, 0.717) is 5.92 Å². The Balaban J connectivity index is 1.94. The summed E-state index contributed by atoms with van der Waals surface area (Å²) in [5.74, 6) is 0.105. The number of carbonyl (C=O) groups excluding carboxylic acids is 2. The van der Waals surface area contributed by atoms with E-state index < -0.39 is 18.0 Å². The fourth-order valence-electron chi connectivity index (χ4n) is 3.44. The predicted octanol–water partition coefficient (Wildman–Crippen LogP) is 4.56. The van der Waals surface area contributed by atoms with Gasteiger partial charge < -0.3 is 5.73 Å². The first-order valence-electron chi connectivity index (χ1n) is 9.97. The van der Waals surface area contributed by atoms with Crippen molar-refractivity contribution in [2.75, 3.05) is 0 Å². The minimum atomic E-state index is -0.867. The van der Waals surface area contributed by atoms with E-state index >= 15 is 0 Å². The highest BCUT2D eigenvalue weighted by atomic mass is 32.1. The van der Waals surface area contributed by atoms with Gasteiger partial charge in [-0.2, -0.15) is 0 Å². The first kappa shape index (κ1) is 21.7. The van der Waals surface area contributed by atoms with E-state index in [1.165, 1.54) is 5.56 Å². The number of thiophene rings is 1. The number of nitrogens with one attached hydrogen (secondary N) is 2. The molecule has 1 heterocycles. The van der Waals surface area contributed by atoms with Crippen LogP contribution in [0, 0.1) is 5.92 Å². The highest BCUT2D eigenvalue weighted by Gasteiger charge is 2.27. The van der Waals surface area contributed by atoms with Crippen molar-refractivity contribution in [3.05, 3.63) is 93.7 Å². The van der Waals surface area contributed by atoms with Gasteiger partial charge in [0.15, 0.2) is 0 Å². The fourth-order valence-corrected chi connectivity index (χ4v) is 4.26.